The van der Waals surface area contributed by atoms with Crippen molar-refractivity contribution in [2.24, 2.45) is 5.41 Å². The Bertz CT molecular complexity index is 498. The summed E-state index contributed by atoms with van der Waals surface area (Å²) in [5, 5.41) is 12.2. The minimum Gasteiger partial charge on any atom is -0.481 e. The van der Waals surface area contributed by atoms with Gasteiger partial charge >= 0.3 is 5.97 Å². The zero-order valence-electron chi connectivity index (χ0n) is 10.4. The smallest absolute Gasteiger partial charge is 0.310 e. The van der Waals surface area contributed by atoms with E-state index in [9.17, 15) is 14.7 Å². The summed E-state index contributed by atoms with van der Waals surface area (Å²) in [5.74, 6) is -0.982. The summed E-state index contributed by atoms with van der Waals surface area (Å²) in [4.78, 5) is 27.3. The van der Waals surface area contributed by atoms with Gasteiger partial charge in [-0.05, 0) is 25.0 Å². The van der Waals surface area contributed by atoms with E-state index in [2.05, 4.69) is 10.3 Å². The van der Waals surface area contributed by atoms with Gasteiger partial charge in [0, 0.05) is 12.6 Å². The molecule has 0 bridgehead atoms. The zero-order chi connectivity index (χ0) is 13.9. The lowest BCUT2D eigenvalue weighted by Gasteiger charge is -2.22. The van der Waals surface area contributed by atoms with Crippen molar-refractivity contribution in [3.05, 3.63) is 23.4 Å². The second-order valence-electron chi connectivity index (χ2n) is 4.85. The third kappa shape index (κ3) is 3.04. The minimum absolute atomic E-state index is 0.0325. The molecule has 1 fully saturated rings. The summed E-state index contributed by atoms with van der Waals surface area (Å²) >= 11 is 5.89. The maximum atomic E-state index is 12.0. The molecule has 102 valence electrons. The van der Waals surface area contributed by atoms with Crippen LogP contribution in [0.15, 0.2) is 18.3 Å². The maximum absolute atomic E-state index is 12.0. The Hall–Kier alpha value is -1.62. The molecule has 1 amide bonds. The lowest BCUT2D eigenvalue weighted by Crippen LogP contribution is -2.32. The fourth-order valence-corrected chi connectivity index (χ4v) is 2.65. The molecule has 0 aliphatic heterocycles. The number of nitrogens with one attached hydrogen (secondary N) is 1. The predicted octanol–water partition coefficient (Wildman–Crippen LogP) is 2.71. The normalized spacial score (nSPS) is 17.1. The molecule has 0 radical (unpaired) electrons. The minimum atomic E-state index is -0.925. The fourth-order valence-electron chi connectivity index (χ4n) is 2.48. The van der Waals surface area contributed by atoms with E-state index in [0.29, 0.717) is 17.9 Å². The van der Waals surface area contributed by atoms with E-state index in [0.717, 1.165) is 12.8 Å². The summed E-state index contributed by atoms with van der Waals surface area (Å²) < 4.78 is 0. The molecular weight excluding hydrogens is 268 g/mol. The molecule has 1 aliphatic carbocycles. The van der Waals surface area contributed by atoms with Crippen molar-refractivity contribution in [3.63, 3.8) is 0 Å². The lowest BCUT2D eigenvalue weighted by molar-refractivity contribution is -0.150. The molecule has 0 aromatic carbocycles. The number of amides is 1. The molecule has 1 aromatic heterocycles. The van der Waals surface area contributed by atoms with Gasteiger partial charge in [-0.3, -0.25) is 9.59 Å². The van der Waals surface area contributed by atoms with Gasteiger partial charge in [0.15, 0.2) is 5.82 Å². The summed E-state index contributed by atoms with van der Waals surface area (Å²) in [6.07, 6.45) is 4.28. The van der Waals surface area contributed by atoms with Crippen LogP contribution in [0.4, 0.5) is 5.82 Å². The van der Waals surface area contributed by atoms with Gasteiger partial charge in [-0.25, -0.2) is 4.98 Å². The van der Waals surface area contributed by atoms with Gasteiger partial charge in [-0.2, -0.15) is 0 Å². The van der Waals surface area contributed by atoms with Crippen LogP contribution in [0.5, 0.6) is 0 Å². The number of nitrogens with zero attached hydrogens (tertiary/aromatic N) is 1. The average Bonchev–Trinajstić information content (AvgIpc) is 2.82. The van der Waals surface area contributed by atoms with Crippen LogP contribution >= 0.6 is 11.6 Å². The monoisotopic (exact) mass is 282 g/mol. The van der Waals surface area contributed by atoms with Crippen molar-refractivity contribution >= 4 is 29.3 Å². The average molecular weight is 283 g/mol. The zero-order valence-corrected chi connectivity index (χ0v) is 11.1. The van der Waals surface area contributed by atoms with Gasteiger partial charge in [0.1, 0.15) is 0 Å². The van der Waals surface area contributed by atoms with Gasteiger partial charge in [0.2, 0.25) is 5.91 Å². The summed E-state index contributed by atoms with van der Waals surface area (Å²) in [6.45, 7) is 0. The lowest BCUT2D eigenvalue weighted by atomic mass is 9.82. The van der Waals surface area contributed by atoms with Crippen LogP contribution in [0.25, 0.3) is 0 Å². The number of halogens is 1. The Morgan fingerprint density at radius 1 is 1.42 bits per heavy atom. The number of rotatable bonds is 4. The Kier molecular flexibility index (Phi) is 4.04. The number of aromatic nitrogens is 1. The number of hydrogen-bond acceptors (Lipinski definition) is 3. The first kappa shape index (κ1) is 13.8. The third-order valence-corrected chi connectivity index (χ3v) is 3.83. The van der Waals surface area contributed by atoms with Crippen LogP contribution in [0.3, 0.4) is 0 Å². The molecule has 19 heavy (non-hydrogen) atoms. The summed E-state index contributed by atoms with van der Waals surface area (Å²) in [5.41, 5.74) is -0.925. The van der Waals surface area contributed by atoms with Gasteiger partial charge in [-0.15, -0.1) is 0 Å². The van der Waals surface area contributed by atoms with Crippen molar-refractivity contribution in [2.45, 2.75) is 32.1 Å². The number of carboxylic acid groups (broad SMARTS) is 1. The Morgan fingerprint density at radius 3 is 2.68 bits per heavy atom. The highest BCUT2D eigenvalue weighted by Gasteiger charge is 2.43. The molecule has 6 heteroatoms. The van der Waals surface area contributed by atoms with E-state index in [-0.39, 0.29) is 18.1 Å². The second kappa shape index (κ2) is 5.57. The first-order valence-corrected chi connectivity index (χ1v) is 6.55. The molecule has 0 spiro atoms. The number of carbonyl (C=O) groups excluding carboxylic acids is 1. The molecule has 0 saturated heterocycles. The molecule has 2 N–H and O–H groups in total. The van der Waals surface area contributed by atoms with Gasteiger partial charge in [-0.1, -0.05) is 24.4 Å². The van der Waals surface area contributed by atoms with Crippen LogP contribution in [-0.2, 0) is 9.59 Å². The van der Waals surface area contributed by atoms with E-state index >= 15 is 0 Å². The number of carboxylic acids is 1. The molecule has 1 aromatic rings. The first-order valence-electron chi connectivity index (χ1n) is 6.17. The number of anilines is 1. The molecule has 2 rings (SSSR count). The molecule has 1 aliphatic rings. The molecule has 1 saturated carbocycles. The number of hydrogen-bond donors (Lipinski definition) is 2. The summed E-state index contributed by atoms with van der Waals surface area (Å²) in [7, 11) is 0. The Morgan fingerprint density at radius 2 is 2.11 bits per heavy atom. The number of carbonyl (C=O) groups is 2. The number of pyridine rings is 1. The fraction of sp³-hybridized carbons (Fsp3) is 0.462. The third-order valence-electron chi connectivity index (χ3n) is 3.53. The predicted molar refractivity (Wildman–Crippen MR) is 71.0 cm³/mol. The van der Waals surface area contributed by atoms with Crippen LogP contribution in [0.1, 0.15) is 32.1 Å². The molecule has 0 atom stereocenters. The Labute approximate surface area is 116 Å². The van der Waals surface area contributed by atoms with Crippen molar-refractivity contribution in [2.75, 3.05) is 5.32 Å². The standard InChI is InChI=1S/C13H15ClN2O3/c14-9-4-3-7-15-11(9)16-10(17)8-13(12(18)19)5-1-2-6-13/h3-4,7H,1-2,5-6,8H2,(H,18,19)(H,15,16,17). The molecule has 1 heterocycles. The maximum Gasteiger partial charge on any atom is 0.310 e. The molecule has 5 nitrogen and oxygen atoms in total. The van der Waals surface area contributed by atoms with Crippen molar-refractivity contribution in [3.8, 4) is 0 Å². The van der Waals surface area contributed by atoms with E-state index in [4.69, 9.17) is 11.6 Å². The first-order chi connectivity index (χ1) is 9.03. The van der Waals surface area contributed by atoms with Crippen LogP contribution in [0, 0.1) is 5.41 Å². The highest BCUT2D eigenvalue weighted by atomic mass is 35.5. The Balaban J connectivity index is 2.05. The quantitative estimate of drug-likeness (QED) is 0.890. The van der Waals surface area contributed by atoms with Crippen molar-refractivity contribution < 1.29 is 14.7 Å². The van der Waals surface area contributed by atoms with Crippen molar-refractivity contribution in [1.29, 1.82) is 0 Å². The molecule has 0 unspecified atom stereocenters. The van der Waals surface area contributed by atoms with Gasteiger partial charge < -0.3 is 10.4 Å². The van der Waals surface area contributed by atoms with Crippen LogP contribution < -0.4 is 5.32 Å². The highest BCUT2D eigenvalue weighted by Crippen LogP contribution is 2.41. The SMILES string of the molecule is O=C(CC1(C(=O)O)CCCC1)Nc1ncccc1Cl. The molecular formula is C13H15ClN2O3. The van der Waals surface area contributed by atoms with Crippen LogP contribution in [-0.4, -0.2) is 22.0 Å². The van der Waals surface area contributed by atoms with E-state index in [1.54, 1.807) is 12.1 Å². The van der Waals surface area contributed by atoms with Gasteiger partial charge in [0.25, 0.3) is 0 Å². The topological polar surface area (TPSA) is 79.3 Å². The van der Waals surface area contributed by atoms with E-state index in [1.807, 2.05) is 0 Å². The van der Waals surface area contributed by atoms with E-state index in [1.165, 1.54) is 6.20 Å². The highest BCUT2D eigenvalue weighted by molar-refractivity contribution is 6.33. The summed E-state index contributed by atoms with van der Waals surface area (Å²) in [6, 6.07) is 3.28. The van der Waals surface area contributed by atoms with Crippen molar-refractivity contribution in [1.82, 2.24) is 4.98 Å². The van der Waals surface area contributed by atoms with Crippen LogP contribution in [0.2, 0.25) is 5.02 Å². The van der Waals surface area contributed by atoms with E-state index < -0.39 is 11.4 Å². The number of aliphatic carboxylic acids is 1. The van der Waals surface area contributed by atoms with Gasteiger partial charge in [0.05, 0.1) is 10.4 Å². The largest absolute Gasteiger partial charge is 0.481 e. The second-order valence-corrected chi connectivity index (χ2v) is 5.26.